The van der Waals surface area contributed by atoms with Crippen LogP contribution in [0.4, 0.5) is 5.69 Å². The summed E-state index contributed by atoms with van der Waals surface area (Å²) < 4.78 is 2.45. The number of aromatic nitrogens is 2. The summed E-state index contributed by atoms with van der Waals surface area (Å²) >= 11 is 0. The van der Waals surface area contributed by atoms with Gasteiger partial charge in [0.05, 0.1) is 11.0 Å². The first kappa shape index (κ1) is 15.2. The molecule has 0 saturated carbocycles. The van der Waals surface area contributed by atoms with Gasteiger partial charge in [-0.3, -0.25) is 0 Å². The Bertz CT molecular complexity index is 871. The summed E-state index contributed by atoms with van der Waals surface area (Å²) in [6.45, 7) is 6.46. The maximum Gasteiger partial charge on any atom is 0.141 e. The summed E-state index contributed by atoms with van der Waals surface area (Å²) in [7, 11) is 0. The van der Waals surface area contributed by atoms with Crippen LogP contribution in [0.15, 0.2) is 36.4 Å². The van der Waals surface area contributed by atoms with E-state index in [4.69, 9.17) is 10.7 Å². The predicted octanol–water partition coefficient (Wildman–Crippen LogP) is 3.83. The quantitative estimate of drug-likeness (QED) is 0.706. The third-order valence-electron chi connectivity index (χ3n) is 5.15. The first-order chi connectivity index (χ1) is 11.6. The van der Waals surface area contributed by atoms with Gasteiger partial charge in [0.2, 0.25) is 0 Å². The van der Waals surface area contributed by atoms with Crippen molar-refractivity contribution in [2.45, 2.75) is 32.7 Å². The minimum atomic E-state index is 0.492. The summed E-state index contributed by atoms with van der Waals surface area (Å²) in [6.07, 6.45) is 2.28. The number of anilines is 1. The van der Waals surface area contributed by atoms with E-state index >= 15 is 0 Å². The van der Waals surface area contributed by atoms with E-state index in [1.807, 2.05) is 12.1 Å². The Kier molecular flexibility index (Phi) is 3.77. The van der Waals surface area contributed by atoms with Crippen molar-refractivity contribution in [2.75, 3.05) is 18.8 Å². The smallest absolute Gasteiger partial charge is 0.141 e. The zero-order valence-corrected chi connectivity index (χ0v) is 14.3. The van der Waals surface area contributed by atoms with Crippen molar-refractivity contribution in [3.8, 4) is 11.4 Å². The van der Waals surface area contributed by atoms with E-state index in [1.54, 1.807) is 0 Å². The normalized spacial score (nSPS) is 15.9. The second-order valence-electron chi connectivity index (χ2n) is 6.83. The van der Waals surface area contributed by atoms with Gasteiger partial charge in [-0.05, 0) is 87.3 Å². The van der Waals surface area contributed by atoms with Gasteiger partial charge in [-0.1, -0.05) is 0 Å². The van der Waals surface area contributed by atoms with Crippen LogP contribution in [-0.2, 0) is 0 Å². The van der Waals surface area contributed by atoms with E-state index in [0.29, 0.717) is 6.04 Å². The molecule has 3 aromatic rings. The lowest BCUT2D eigenvalue weighted by Gasteiger charge is -2.26. The monoisotopic (exact) mass is 320 g/mol. The van der Waals surface area contributed by atoms with E-state index in [0.717, 1.165) is 48.5 Å². The molecule has 1 fully saturated rings. The number of nitrogen functional groups attached to an aromatic ring is 1. The van der Waals surface area contributed by atoms with Crippen molar-refractivity contribution < 1.29 is 0 Å². The van der Waals surface area contributed by atoms with Crippen LogP contribution < -0.4 is 11.1 Å². The van der Waals surface area contributed by atoms with Gasteiger partial charge in [0, 0.05) is 17.3 Å². The van der Waals surface area contributed by atoms with Gasteiger partial charge in [-0.2, -0.15) is 0 Å². The second-order valence-corrected chi connectivity index (χ2v) is 6.83. The average Bonchev–Trinajstić information content (AvgIpc) is 2.95. The number of benzene rings is 2. The Morgan fingerprint density at radius 2 is 1.71 bits per heavy atom. The fourth-order valence-corrected chi connectivity index (χ4v) is 3.62. The number of hydrogen-bond acceptors (Lipinski definition) is 3. The van der Waals surface area contributed by atoms with E-state index in [1.165, 1.54) is 16.6 Å². The van der Waals surface area contributed by atoms with E-state index in [9.17, 15) is 0 Å². The molecule has 2 heterocycles. The van der Waals surface area contributed by atoms with Gasteiger partial charge in [0.1, 0.15) is 5.82 Å². The fourth-order valence-electron chi connectivity index (χ4n) is 3.62. The topological polar surface area (TPSA) is 55.9 Å². The van der Waals surface area contributed by atoms with Crippen LogP contribution in [0, 0.1) is 13.8 Å². The number of nitrogens with one attached hydrogen (secondary N) is 1. The van der Waals surface area contributed by atoms with E-state index in [-0.39, 0.29) is 0 Å². The van der Waals surface area contributed by atoms with Crippen LogP contribution in [0.5, 0.6) is 0 Å². The number of nitrogens with two attached hydrogens (primary N) is 1. The van der Waals surface area contributed by atoms with Gasteiger partial charge in [0.15, 0.2) is 0 Å². The van der Waals surface area contributed by atoms with Crippen LogP contribution in [-0.4, -0.2) is 22.6 Å². The number of aryl methyl sites for hydroxylation is 2. The van der Waals surface area contributed by atoms with Crippen molar-refractivity contribution in [1.82, 2.24) is 14.9 Å². The molecule has 4 nitrogen and oxygen atoms in total. The number of hydrogen-bond donors (Lipinski definition) is 2. The van der Waals surface area contributed by atoms with Crippen molar-refractivity contribution in [3.63, 3.8) is 0 Å². The van der Waals surface area contributed by atoms with Crippen LogP contribution in [0.2, 0.25) is 0 Å². The number of rotatable bonds is 2. The fraction of sp³-hybridized carbons (Fsp3) is 0.350. The Hall–Kier alpha value is -2.33. The maximum absolute atomic E-state index is 5.86. The molecular formula is C20H24N4. The zero-order chi connectivity index (χ0) is 16.7. The molecule has 0 atom stereocenters. The molecule has 4 rings (SSSR count). The highest BCUT2D eigenvalue weighted by molar-refractivity contribution is 5.82. The van der Waals surface area contributed by atoms with Crippen molar-refractivity contribution in [1.29, 1.82) is 0 Å². The Morgan fingerprint density at radius 3 is 2.42 bits per heavy atom. The van der Waals surface area contributed by atoms with Crippen molar-refractivity contribution in [3.05, 3.63) is 47.5 Å². The molecular weight excluding hydrogens is 296 g/mol. The highest BCUT2D eigenvalue weighted by atomic mass is 15.1. The SMILES string of the molecule is Cc1cc2nc(-c3ccc(N)cc3)n(C3CCNCC3)c2cc1C. The van der Waals surface area contributed by atoms with E-state index in [2.05, 4.69) is 48.0 Å². The minimum absolute atomic E-state index is 0.492. The van der Waals surface area contributed by atoms with Crippen LogP contribution in [0.1, 0.15) is 30.0 Å². The molecule has 1 aromatic heterocycles. The lowest BCUT2D eigenvalue weighted by atomic mass is 10.0. The predicted molar refractivity (Wildman–Crippen MR) is 100 cm³/mol. The van der Waals surface area contributed by atoms with Crippen molar-refractivity contribution in [2.24, 2.45) is 0 Å². The lowest BCUT2D eigenvalue weighted by molar-refractivity contribution is 0.377. The molecule has 2 aromatic carbocycles. The molecule has 24 heavy (non-hydrogen) atoms. The summed E-state index contributed by atoms with van der Waals surface area (Å²) in [5, 5.41) is 3.46. The highest BCUT2D eigenvalue weighted by Gasteiger charge is 2.22. The Morgan fingerprint density at radius 1 is 1.04 bits per heavy atom. The summed E-state index contributed by atoms with van der Waals surface area (Å²) in [6, 6.07) is 13.1. The van der Waals surface area contributed by atoms with Crippen LogP contribution >= 0.6 is 0 Å². The number of nitrogens with zero attached hydrogens (tertiary/aromatic N) is 2. The van der Waals surface area contributed by atoms with Gasteiger partial charge in [-0.25, -0.2) is 4.98 Å². The van der Waals surface area contributed by atoms with Gasteiger partial charge >= 0.3 is 0 Å². The summed E-state index contributed by atoms with van der Waals surface area (Å²) in [5.74, 6) is 1.06. The molecule has 3 N–H and O–H groups in total. The first-order valence-electron chi connectivity index (χ1n) is 8.69. The van der Waals surface area contributed by atoms with Crippen LogP contribution in [0.25, 0.3) is 22.4 Å². The molecule has 124 valence electrons. The maximum atomic E-state index is 5.86. The highest BCUT2D eigenvalue weighted by Crippen LogP contribution is 2.33. The van der Waals surface area contributed by atoms with Gasteiger partial charge < -0.3 is 15.6 Å². The Labute approximate surface area is 142 Å². The van der Waals surface area contributed by atoms with E-state index < -0.39 is 0 Å². The molecule has 1 aliphatic heterocycles. The molecule has 0 spiro atoms. The third kappa shape index (κ3) is 2.57. The molecule has 4 heteroatoms. The minimum Gasteiger partial charge on any atom is -0.399 e. The summed E-state index contributed by atoms with van der Waals surface area (Å²) in [5.41, 5.74) is 12.7. The van der Waals surface area contributed by atoms with Gasteiger partial charge in [-0.15, -0.1) is 0 Å². The molecule has 0 bridgehead atoms. The largest absolute Gasteiger partial charge is 0.399 e. The molecule has 0 unspecified atom stereocenters. The molecule has 0 amide bonds. The second kappa shape index (κ2) is 5.95. The molecule has 0 aliphatic carbocycles. The first-order valence-corrected chi connectivity index (χ1v) is 8.69. The zero-order valence-electron chi connectivity index (χ0n) is 14.3. The average molecular weight is 320 g/mol. The summed E-state index contributed by atoms with van der Waals surface area (Å²) in [4.78, 5) is 4.99. The number of fused-ring (bicyclic) bond motifs is 1. The number of imidazole rings is 1. The van der Waals surface area contributed by atoms with Gasteiger partial charge in [0.25, 0.3) is 0 Å². The standard InChI is InChI=1S/C20H24N4/c1-13-11-18-19(12-14(13)2)24(17-7-9-22-10-8-17)20(23-18)15-3-5-16(21)6-4-15/h3-6,11-12,17,22H,7-10,21H2,1-2H3. The lowest BCUT2D eigenvalue weighted by Crippen LogP contribution is -2.29. The molecule has 0 radical (unpaired) electrons. The van der Waals surface area contributed by atoms with Crippen molar-refractivity contribution >= 4 is 16.7 Å². The van der Waals surface area contributed by atoms with Crippen LogP contribution in [0.3, 0.4) is 0 Å². The number of piperidine rings is 1. The molecule has 1 saturated heterocycles. The Balaban J connectivity index is 1.95. The molecule has 1 aliphatic rings. The third-order valence-corrected chi connectivity index (χ3v) is 5.15.